The molecule has 0 fully saturated rings. The van der Waals surface area contributed by atoms with Crippen LogP contribution in [0, 0.1) is 12.7 Å². The standard InChI is InChI=1S/C17H20FNO2/c1-13-6-8-14(9-7-13)10-19-11-15(20)12-21-17-5-3-2-4-16(17)18/h2-9,15,19-20H,10-12H2,1H3. The number of nitrogens with one attached hydrogen (secondary N) is 1. The first-order chi connectivity index (χ1) is 10.1. The summed E-state index contributed by atoms with van der Waals surface area (Å²) in [5.74, 6) is -0.257. The van der Waals surface area contributed by atoms with E-state index >= 15 is 0 Å². The van der Waals surface area contributed by atoms with Crippen molar-refractivity contribution in [2.75, 3.05) is 13.2 Å². The predicted molar refractivity (Wildman–Crippen MR) is 80.8 cm³/mol. The van der Waals surface area contributed by atoms with Crippen molar-refractivity contribution >= 4 is 0 Å². The number of hydrogen-bond donors (Lipinski definition) is 2. The van der Waals surface area contributed by atoms with E-state index < -0.39 is 11.9 Å². The molecule has 0 aliphatic heterocycles. The van der Waals surface area contributed by atoms with Crippen LogP contribution in [0.5, 0.6) is 5.75 Å². The lowest BCUT2D eigenvalue weighted by Gasteiger charge is -2.13. The number of aliphatic hydroxyl groups excluding tert-OH is 1. The minimum absolute atomic E-state index is 0.0574. The SMILES string of the molecule is Cc1ccc(CNCC(O)COc2ccccc2F)cc1. The van der Waals surface area contributed by atoms with Crippen LogP contribution in [0.25, 0.3) is 0 Å². The second-order valence-corrected chi connectivity index (χ2v) is 5.01. The van der Waals surface area contributed by atoms with E-state index in [1.54, 1.807) is 18.2 Å². The topological polar surface area (TPSA) is 41.5 Å². The summed E-state index contributed by atoms with van der Waals surface area (Å²) < 4.78 is 18.6. The molecule has 0 saturated heterocycles. The number of rotatable bonds is 7. The van der Waals surface area contributed by atoms with E-state index in [0.29, 0.717) is 13.1 Å². The molecule has 112 valence electrons. The highest BCUT2D eigenvalue weighted by molar-refractivity contribution is 5.23. The maximum atomic E-state index is 13.3. The summed E-state index contributed by atoms with van der Waals surface area (Å²) in [6.07, 6.45) is -0.685. The predicted octanol–water partition coefficient (Wildman–Crippen LogP) is 2.66. The van der Waals surface area contributed by atoms with Crippen molar-refractivity contribution in [2.24, 2.45) is 0 Å². The number of aryl methyl sites for hydroxylation is 1. The number of para-hydroxylation sites is 1. The fourth-order valence-electron chi connectivity index (χ4n) is 1.90. The Labute approximate surface area is 124 Å². The van der Waals surface area contributed by atoms with Crippen molar-refractivity contribution in [3.05, 3.63) is 65.5 Å². The molecule has 2 aromatic carbocycles. The van der Waals surface area contributed by atoms with Gasteiger partial charge >= 0.3 is 0 Å². The lowest BCUT2D eigenvalue weighted by Crippen LogP contribution is -2.31. The van der Waals surface area contributed by atoms with Gasteiger partial charge in [0.05, 0.1) is 0 Å². The zero-order chi connectivity index (χ0) is 15.1. The van der Waals surface area contributed by atoms with Crippen LogP contribution >= 0.6 is 0 Å². The van der Waals surface area contributed by atoms with E-state index in [9.17, 15) is 9.50 Å². The summed E-state index contributed by atoms with van der Waals surface area (Å²) in [5, 5.41) is 13.0. The summed E-state index contributed by atoms with van der Waals surface area (Å²) >= 11 is 0. The van der Waals surface area contributed by atoms with Gasteiger partial charge in [0.25, 0.3) is 0 Å². The van der Waals surface area contributed by atoms with Gasteiger partial charge in [-0.3, -0.25) is 0 Å². The van der Waals surface area contributed by atoms with Crippen LogP contribution in [0.2, 0.25) is 0 Å². The van der Waals surface area contributed by atoms with Crippen molar-refractivity contribution in [3.8, 4) is 5.75 Å². The van der Waals surface area contributed by atoms with Gasteiger partial charge in [-0.15, -0.1) is 0 Å². The molecular formula is C17H20FNO2. The Morgan fingerprint density at radius 1 is 1.14 bits per heavy atom. The fraction of sp³-hybridized carbons (Fsp3) is 0.294. The Morgan fingerprint density at radius 3 is 2.57 bits per heavy atom. The summed E-state index contributed by atoms with van der Waals surface area (Å²) in [7, 11) is 0. The molecule has 2 rings (SSSR count). The number of halogens is 1. The van der Waals surface area contributed by atoms with Crippen molar-refractivity contribution in [2.45, 2.75) is 19.6 Å². The molecule has 0 radical (unpaired) electrons. The Balaban J connectivity index is 1.69. The largest absolute Gasteiger partial charge is 0.488 e. The monoisotopic (exact) mass is 289 g/mol. The van der Waals surface area contributed by atoms with Crippen LogP contribution in [0.15, 0.2) is 48.5 Å². The van der Waals surface area contributed by atoms with E-state index in [1.807, 2.05) is 19.1 Å². The fourth-order valence-corrected chi connectivity index (χ4v) is 1.90. The quantitative estimate of drug-likeness (QED) is 0.823. The van der Waals surface area contributed by atoms with Crippen molar-refractivity contribution < 1.29 is 14.2 Å². The molecule has 0 bridgehead atoms. The molecule has 21 heavy (non-hydrogen) atoms. The van der Waals surface area contributed by atoms with E-state index in [4.69, 9.17) is 4.74 Å². The van der Waals surface area contributed by atoms with Gasteiger partial charge in [0, 0.05) is 13.1 Å². The summed E-state index contributed by atoms with van der Waals surface area (Å²) in [5.41, 5.74) is 2.37. The number of hydrogen-bond acceptors (Lipinski definition) is 3. The molecule has 3 nitrogen and oxygen atoms in total. The second-order valence-electron chi connectivity index (χ2n) is 5.01. The maximum absolute atomic E-state index is 13.3. The van der Waals surface area contributed by atoms with Crippen LogP contribution in [0.1, 0.15) is 11.1 Å². The Morgan fingerprint density at radius 2 is 1.86 bits per heavy atom. The van der Waals surface area contributed by atoms with E-state index in [2.05, 4.69) is 17.4 Å². The lowest BCUT2D eigenvalue weighted by atomic mass is 10.1. The molecule has 0 spiro atoms. The number of benzene rings is 2. The zero-order valence-electron chi connectivity index (χ0n) is 12.1. The van der Waals surface area contributed by atoms with Crippen LogP contribution in [-0.4, -0.2) is 24.4 Å². The van der Waals surface area contributed by atoms with Gasteiger partial charge in [0.2, 0.25) is 0 Å². The third-order valence-corrected chi connectivity index (χ3v) is 3.10. The van der Waals surface area contributed by atoms with Crippen LogP contribution in [0.4, 0.5) is 4.39 Å². The number of ether oxygens (including phenoxy) is 1. The smallest absolute Gasteiger partial charge is 0.165 e. The second kappa shape index (κ2) is 7.76. The van der Waals surface area contributed by atoms with Gasteiger partial charge in [0.1, 0.15) is 12.7 Å². The minimum Gasteiger partial charge on any atom is -0.488 e. The number of aliphatic hydroxyl groups is 1. The average Bonchev–Trinajstić information content (AvgIpc) is 2.48. The van der Waals surface area contributed by atoms with Crippen molar-refractivity contribution in [1.82, 2.24) is 5.32 Å². The van der Waals surface area contributed by atoms with Crippen LogP contribution < -0.4 is 10.1 Å². The van der Waals surface area contributed by atoms with Crippen LogP contribution in [-0.2, 0) is 6.54 Å². The Kier molecular flexibility index (Phi) is 5.72. The summed E-state index contributed by atoms with van der Waals surface area (Å²) in [4.78, 5) is 0. The Hall–Kier alpha value is -1.91. The first-order valence-electron chi connectivity index (χ1n) is 6.97. The minimum atomic E-state index is -0.685. The highest BCUT2D eigenvalue weighted by Crippen LogP contribution is 2.15. The third-order valence-electron chi connectivity index (χ3n) is 3.10. The van der Waals surface area contributed by atoms with Gasteiger partial charge in [-0.05, 0) is 24.6 Å². The molecule has 0 aliphatic rings. The average molecular weight is 289 g/mol. The molecule has 2 N–H and O–H groups in total. The molecule has 4 heteroatoms. The van der Waals surface area contributed by atoms with Gasteiger partial charge < -0.3 is 15.2 Å². The molecule has 2 aromatic rings. The zero-order valence-corrected chi connectivity index (χ0v) is 12.1. The normalized spacial score (nSPS) is 12.1. The van der Waals surface area contributed by atoms with Gasteiger partial charge in [-0.1, -0.05) is 42.0 Å². The first-order valence-corrected chi connectivity index (χ1v) is 6.97. The molecule has 0 saturated carbocycles. The van der Waals surface area contributed by atoms with Gasteiger partial charge in [0.15, 0.2) is 11.6 Å². The molecule has 0 amide bonds. The molecule has 0 aromatic heterocycles. The third kappa shape index (κ3) is 5.17. The Bertz CT molecular complexity index is 557. The maximum Gasteiger partial charge on any atom is 0.165 e. The van der Waals surface area contributed by atoms with Crippen molar-refractivity contribution in [1.29, 1.82) is 0 Å². The van der Waals surface area contributed by atoms with Gasteiger partial charge in [-0.25, -0.2) is 4.39 Å². The molecule has 1 unspecified atom stereocenters. The molecule has 1 atom stereocenters. The first kappa shape index (κ1) is 15.5. The highest BCUT2D eigenvalue weighted by Gasteiger charge is 2.07. The van der Waals surface area contributed by atoms with E-state index in [1.165, 1.54) is 11.6 Å². The molecular weight excluding hydrogens is 269 g/mol. The molecule has 0 aliphatic carbocycles. The van der Waals surface area contributed by atoms with Crippen LogP contribution in [0.3, 0.4) is 0 Å². The van der Waals surface area contributed by atoms with E-state index in [0.717, 1.165) is 5.56 Å². The summed E-state index contributed by atoms with van der Waals surface area (Å²) in [6, 6.07) is 14.4. The molecule has 0 heterocycles. The lowest BCUT2D eigenvalue weighted by molar-refractivity contribution is 0.104. The van der Waals surface area contributed by atoms with E-state index in [-0.39, 0.29) is 12.4 Å². The highest BCUT2D eigenvalue weighted by atomic mass is 19.1. The van der Waals surface area contributed by atoms with Gasteiger partial charge in [-0.2, -0.15) is 0 Å². The summed E-state index contributed by atoms with van der Waals surface area (Å²) in [6.45, 7) is 3.17. The van der Waals surface area contributed by atoms with Crippen molar-refractivity contribution in [3.63, 3.8) is 0 Å².